The van der Waals surface area contributed by atoms with Crippen LogP contribution in [-0.2, 0) is 6.42 Å². The SMILES string of the molecule is CCOc1cccc(C2c3c(-c4ccc(Cl)cc4)n[nH]c3C(=O)N2CCc2ccc(OC)cc2)c1. The second-order valence-corrected chi connectivity index (χ2v) is 8.81. The van der Waals surface area contributed by atoms with Gasteiger partial charge in [-0.25, -0.2) is 0 Å². The first-order valence-corrected chi connectivity index (χ1v) is 12.0. The molecule has 0 fully saturated rings. The molecule has 0 bridgehead atoms. The minimum absolute atomic E-state index is 0.0620. The normalized spacial score (nSPS) is 14.8. The Hall–Kier alpha value is -3.77. The van der Waals surface area contributed by atoms with Gasteiger partial charge in [0.1, 0.15) is 17.2 Å². The number of hydrogen-bond donors (Lipinski definition) is 1. The van der Waals surface area contributed by atoms with Crippen molar-refractivity contribution >= 4 is 17.5 Å². The van der Waals surface area contributed by atoms with Crippen molar-refractivity contribution in [3.63, 3.8) is 0 Å². The Morgan fingerprint density at radius 2 is 1.80 bits per heavy atom. The summed E-state index contributed by atoms with van der Waals surface area (Å²) in [6.07, 6.45) is 0.714. The molecular weight excluding hydrogens is 462 g/mol. The molecule has 6 nitrogen and oxygen atoms in total. The topological polar surface area (TPSA) is 67.5 Å². The highest BCUT2D eigenvalue weighted by Gasteiger charge is 2.42. The fraction of sp³-hybridized carbons (Fsp3) is 0.214. The number of amides is 1. The zero-order valence-electron chi connectivity index (χ0n) is 19.6. The number of aromatic amines is 1. The average molecular weight is 488 g/mol. The number of ether oxygens (including phenoxy) is 2. The molecule has 1 unspecified atom stereocenters. The van der Waals surface area contributed by atoms with Crippen molar-refractivity contribution < 1.29 is 14.3 Å². The van der Waals surface area contributed by atoms with E-state index in [1.807, 2.05) is 84.6 Å². The third-order valence-corrected chi connectivity index (χ3v) is 6.52. The fourth-order valence-electron chi connectivity index (χ4n) is 4.58. The van der Waals surface area contributed by atoms with Crippen LogP contribution in [0.1, 0.15) is 40.1 Å². The Labute approximate surface area is 209 Å². The van der Waals surface area contributed by atoms with Gasteiger partial charge in [0.15, 0.2) is 0 Å². The summed E-state index contributed by atoms with van der Waals surface area (Å²) in [6, 6.07) is 23.1. The number of benzene rings is 3. The highest BCUT2D eigenvalue weighted by Crippen LogP contribution is 2.43. The van der Waals surface area contributed by atoms with E-state index in [0.717, 1.165) is 39.4 Å². The van der Waals surface area contributed by atoms with Gasteiger partial charge in [-0.05, 0) is 60.9 Å². The summed E-state index contributed by atoms with van der Waals surface area (Å²) in [5.41, 5.74) is 5.17. The Balaban J connectivity index is 1.54. The number of carbonyl (C=O) groups is 1. The van der Waals surface area contributed by atoms with Crippen LogP contribution in [0.25, 0.3) is 11.3 Å². The maximum absolute atomic E-state index is 13.6. The van der Waals surface area contributed by atoms with Gasteiger partial charge in [0, 0.05) is 22.7 Å². The maximum atomic E-state index is 13.6. The minimum atomic E-state index is -0.291. The molecule has 35 heavy (non-hydrogen) atoms. The summed E-state index contributed by atoms with van der Waals surface area (Å²) in [6.45, 7) is 3.08. The van der Waals surface area contributed by atoms with Crippen LogP contribution >= 0.6 is 11.6 Å². The van der Waals surface area contributed by atoms with Gasteiger partial charge < -0.3 is 14.4 Å². The van der Waals surface area contributed by atoms with Crippen molar-refractivity contribution in [3.05, 3.63) is 100 Å². The molecule has 0 saturated heterocycles. The number of H-pyrrole nitrogens is 1. The molecule has 0 spiro atoms. The van der Waals surface area contributed by atoms with Gasteiger partial charge in [0.2, 0.25) is 0 Å². The summed E-state index contributed by atoms with van der Waals surface area (Å²) in [4.78, 5) is 15.5. The first kappa shape index (κ1) is 23.0. The van der Waals surface area contributed by atoms with E-state index in [2.05, 4.69) is 10.2 Å². The van der Waals surface area contributed by atoms with Gasteiger partial charge >= 0.3 is 0 Å². The molecule has 7 heteroatoms. The molecule has 0 aliphatic carbocycles. The molecule has 1 atom stereocenters. The van der Waals surface area contributed by atoms with E-state index in [1.165, 1.54) is 0 Å². The van der Waals surface area contributed by atoms with Crippen molar-refractivity contribution in [2.45, 2.75) is 19.4 Å². The van der Waals surface area contributed by atoms with E-state index in [9.17, 15) is 4.79 Å². The van der Waals surface area contributed by atoms with Crippen LogP contribution in [0.4, 0.5) is 0 Å². The lowest BCUT2D eigenvalue weighted by Gasteiger charge is -2.27. The Morgan fingerprint density at radius 3 is 2.51 bits per heavy atom. The van der Waals surface area contributed by atoms with Crippen LogP contribution < -0.4 is 9.47 Å². The quantitative estimate of drug-likeness (QED) is 0.334. The molecule has 1 aromatic heterocycles. The number of halogens is 1. The van der Waals surface area contributed by atoms with Gasteiger partial charge in [0.05, 0.1) is 25.5 Å². The van der Waals surface area contributed by atoms with Crippen molar-refractivity contribution in [1.29, 1.82) is 0 Å². The number of hydrogen-bond acceptors (Lipinski definition) is 4. The van der Waals surface area contributed by atoms with E-state index in [4.69, 9.17) is 21.1 Å². The molecule has 1 N–H and O–H groups in total. The number of nitrogens with zero attached hydrogens (tertiary/aromatic N) is 2. The van der Waals surface area contributed by atoms with Crippen molar-refractivity contribution in [1.82, 2.24) is 15.1 Å². The summed E-state index contributed by atoms with van der Waals surface area (Å²) in [5.74, 6) is 1.52. The molecule has 3 aromatic carbocycles. The predicted octanol–water partition coefficient (Wildman–Crippen LogP) is 5.93. The molecule has 1 amide bonds. The molecule has 0 radical (unpaired) electrons. The molecule has 178 valence electrons. The van der Waals surface area contributed by atoms with E-state index in [0.29, 0.717) is 30.3 Å². The summed E-state index contributed by atoms with van der Waals surface area (Å²) in [7, 11) is 1.65. The number of nitrogens with one attached hydrogen (secondary N) is 1. The zero-order valence-corrected chi connectivity index (χ0v) is 20.4. The Kier molecular flexibility index (Phi) is 6.47. The van der Waals surface area contributed by atoms with Crippen LogP contribution in [0.3, 0.4) is 0 Å². The molecule has 1 aliphatic heterocycles. The lowest BCUT2D eigenvalue weighted by molar-refractivity contribution is 0.0745. The second kappa shape index (κ2) is 9.84. The maximum Gasteiger partial charge on any atom is 0.273 e. The number of aromatic nitrogens is 2. The minimum Gasteiger partial charge on any atom is -0.497 e. The van der Waals surface area contributed by atoms with Gasteiger partial charge in [0.25, 0.3) is 5.91 Å². The van der Waals surface area contributed by atoms with E-state index < -0.39 is 0 Å². The highest BCUT2D eigenvalue weighted by atomic mass is 35.5. The number of methoxy groups -OCH3 is 1. The summed E-state index contributed by atoms with van der Waals surface area (Å²) >= 11 is 6.11. The van der Waals surface area contributed by atoms with Gasteiger partial charge in [-0.3, -0.25) is 9.89 Å². The lowest BCUT2D eigenvalue weighted by Crippen LogP contribution is -2.31. The molecule has 2 heterocycles. The molecule has 4 aromatic rings. The largest absolute Gasteiger partial charge is 0.497 e. The van der Waals surface area contributed by atoms with Crippen LogP contribution in [0.15, 0.2) is 72.8 Å². The molecule has 0 saturated carbocycles. The van der Waals surface area contributed by atoms with Crippen LogP contribution in [0.2, 0.25) is 5.02 Å². The van der Waals surface area contributed by atoms with Crippen LogP contribution in [0.5, 0.6) is 11.5 Å². The van der Waals surface area contributed by atoms with Crippen molar-refractivity contribution in [2.75, 3.05) is 20.3 Å². The smallest absolute Gasteiger partial charge is 0.273 e. The third kappa shape index (κ3) is 4.49. The third-order valence-electron chi connectivity index (χ3n) is 6.27. The van der Waals surface area contributed by atoms with Gasteiger partial charge in [-0.15, -0.1) is 0 Å². The Bertz CT molecular complexity index is 1330. The number of carbonyl (C=O) groups excluding carboxylic acids is 1. The average Bonchev–Trinajstić information content (AvgIpc) is 3.42. The van der Waals surface area contributed by atoms with Gasteiger partial charge in [-0.1, -0.05) is 48.0 Å². The van der Waals surface area contributed by atoms with E-state index >= 15 is 0 Å². The van der Waals surface area contributed by atoms with Gasteiger partial charge in [-0.2, -0.15) is 5.10 Å². The van der Waals surface area contributed by atoms with Crippen LogP contribution in [0, 0.1) is 0 Å². The van der Waals surface area contributed by atoms with Crippen LogP contribution in [-0.4, -0.2) is 41.3 Å². The summed E-state index contributed by atoms with van der Waals surface area (Å²) in [5, 5.41) is 8.20. The van der Waals surface area contributed by atoms with Crippen molar-refractivity contribution in [2.24, 2.45) is 0 Å². The van der Waals surface area contributed by atoms with E-state index in [1.54, 1.807) is 7.11 Å². The number of rotatable bonds is 8. The monoisotopic (exact) mass is 487 g/mol. The zero-order chi connectivity index (χ0) is 24.4. The second-order valence-electron chi connectivity index (χ2n) is 8.37. The predicted molar refractivity (Wildman–Crippen MR) is 136 cm³/mol. The Morgan fingerprint density at radius 1 is 1.03 bits per heavy atom. The molecular formula is C28H26ClN3O3. The number of fused-ring (bicyclic) bond motifs is 1. The lowest BCUT2D eigenvalue weighted by atomic mass is 9.95. The van der Waals surface area contributed by atoms with E-state index in [-0.39, 0.29) is 11.9 Å². The summed E-state index contributed by atoms with van der Waals surface area (Å²) < 4.78 is 11.0. The molecule has 5 rings (SSSR count). The standard InChI is InChI=1S/C28H26ClN3O3/c1-3-35-23-6-4-5-20(17-23)27-24-25(19-9-11-21(29)12-10-19)30-31-26(24)28(33)32(27)16-15-18-7-13-22(34-2)14-8-18/h4-14,17,27H,3,15-16H2,1-2H3,(H,30,31). The highest BCUT2D eigenvalue weighted by molar-refractivity contribution is 6.30. The first-order valence-electron chi connectivity index (χ1n) is 11.6. The van der Waals surface area contributed by atoms with Crippen molar-refractivity contribution in [3.8, 4) is 22.8 Å². The fourth-order valence-corrected chi connectivity index (χ4v) is 4.71. The first-order chi connectivity index (χ1) is 17.1. The molecule has 1 aliphatic rings.